The maximum atomic E-state index is 9.61. The van der Waals surface area contributed by atoms with Crippen LogP contribution in [0, 0.1) is 13.8 Å². The van der Waals surface area contributed by atoms with Crippen LogP contribution in [-0.4, -0.2) is 12.2 Å². The predicted molar refractivity (Wildman–Crippen MR) is 83.9 cm³/mol. The molecule has 0 spiro atoms. The van der Waals surface area contributed by atoms with Crippen molar-refractivity contribution in [2.75, 3.05) is 7.11 Å². The van der Waals surface area contributed by atoms with Gasteiger partial charge in [0.05, 0.1) is 13.2 Å². The van der Waals surface area contributed by atoms with Crippen LogP contribution in [0.2, 0.25) is 0 Å². The van der Waals surface area contributed by atoms with Crippen molar-refractivity contribution in [3.8, 4) is 11.5 Å². The number of aliphatic hydroxyl groups is 1. The molecule has 0 fully saturated rings. The van der Waals surface area contributed by atoms with E-state index in [4.69, 9.17) is 9.47 Å². The number of aryl methyl sites for hydroxylation is 2. The lowest BCUT2D eigenvalue weighted by Crippen LogP contribution is -2.01. The Morgan fingerprint density at radius 3 is 2.48 bits per heavy atom. The summed E-state index contributed by atoms with van der Waals surface area (Å²) in [4.78, 5) is 0. The van der Waals surface area contributed by atoms with E-state index in [0.717, 1.165) is 11.1 Å². The molecule has 3 heteroatoms. The topological polar surface area (TPSA) is 38.7 Å². The van der Waals surface area contributed by atoms with Gasteiger partial charge in [-0.05, 0) is 49.6 Å². The van der Waals surface area contributed by atoms with Crippen molar-refractivity contribution >= 4 is 0 Å². The average molecular weight is 286 g/mol. The summed E-state index contributed by atoms with van der Waals surface area (Å²) >= 11 is 0. The summed E-state index contributed by atoms with van der Waals surface area (Å²) in [5, 5.41) is 9.61. The van der Waals surface area contributed by atoms with E-state index < -0.39 is 6.10 Å². The number of benzene rings is 2. The summed E-state index contributed by atoms with van der Waals surface area (Å²) < 4.78 is 11.2. The predicted octanol–water partition coefficient (Wildman–Crippen LogP) is 3.94. The van der Waals surface area contributed by atoms with E-state index in [-0.39, 0.29) is 0 Å². The van der Waals surface area contributed by atoms with Gasteiger partial charge in [-0.3, -0.25) is 0 Å². The third kappa shape index (κ3) is 3.76. The second kappa shape index (κ2) is 6.64. The molecule has 0 unspecified atom stereocenters. The minimum atomic E-state index is -0.521. The van der Waals surface area contributed by atoms with Crippen molar-refractivity contribution in [3.05, 3.63) is 58.7 Å². The molecule has 0 saturated carbocycles. The number of methoxy groups -OCH3 is 1. The maximum Gasteiger partial charge on any atom is 0.161 e. The molecule has 2 aromatic rings. The fourth-order valence-corrected chi connectivity index (χ4v) is 2.17. The second-order valence-electron chi connectivity index (χ2n) is 5.30. The highest BCUT2D eigenvalue weighted by molar-refractivity contribution is 5.43. The van der Waals surface area contributed by atoms with E-state index in [1.54, 1.807) is 14.0 Å². The molecule has 0 radical (unpaired) electrons. The summed E-state index contributed by atoms with van der Waals surface area (Å²) in [5.74, 6) is 1.32. The average Bonchev–Trinajstić information content (AvgIpc) is 2.47. The van der Waals surface area contributed by atoms with Crippen molar-refractivity contribution in [1.82, 2.24) is 0 Å². The SMILES string of the molecule is COc1cc([C@@H](C)O)ccc1OCc1cc(C)ccc1C. The minimum absolute atomic E-state index is 0.498. The van der Waals surface area contributed by atoms with Gasteiger partial charge in [-0.15, -0.1) is 0 Å². The Bertz CT molecular complexity index is 618. The molecule has 0 heterocycles. The monoisotopic (exact) mass is 286 g/mol. The Morgan fingerprint density at radius 1 is 1.05 bits per heavy atom. The van der Waals surface area contributed by atoms with Gasteiger partial charge in [0, 0.05) is 0 Å². The van der Waals surface area contributed by atoms with Gasteiger partial charge in [-0.1, -0.05) is 29.8 Å². The standard InChI is InChI=1S/C18H22O3/c1-12-5-6-13(2)16(9-12)11-21-17-8-7-15(14(3)19)10-18(17)20-4/h5-10,14,19H,11H2,1-4H3/t14-/m1/s1. The first-order valence-corrected chi connectivity index (χ1v) is 7.06. The van der Waals surface area contributed by atoms with Crippen LogP contribution in [0.4, 0.5) is 0 Å². The Kier molecular flexibility index (Phi) is 4.86. The number of rotatable bonds is 5. The van der Waals surface area contributed by atoms with E-state index in [9.17, 15) is 5.11 Å². The van der Waals surface area contributed by atoms with Crippen LogP contribution in [0.25, 0.3) is 0 Å². The number of ether oxygens (including phenoxy) is 2. The van der Waals surface area contributed by atoms with Crippen molar-refractivity contribution in [1.29, 1.82) is 0 Å². The summed E-state index contributed by atoms with van der Waals surface area (Å²) in [6.07, 6.45) is -0.521. The molecule has 1 N–H and O–H groups in total. The molecule has 3 nitrogen and oxygen atoms in total. The molecular weight excluding hydrogens is 264 g/mol. The summed E-state index contributed by atoms with van der Waals surface area (Å²) in [5.41, 5.74) is 4.40. The fraction of sp³-hybridized carbons (Fsp3) is 0.333. The summed E-state index contributed by atoms with van der Waals surface area (Å²) in [6, 6.07) is 11.8. The van der Waals surface area contributed by atoms with E-state index >= 15 is 0 Å². The highest BCUT2D eigenvalue weighted by atomic mass is 16.5. The van der Waals surface area contributed by atoms with E-state index in [2.05, 4.69) is 32.0 Å². The molecule has 0 amide bonds. The Balaban J connectivity index is 2.18. The van der Waals surface area contributed by atoms with E-state index in [1.807, 2.05) is 18.2 Å². The van der Waals surface area contributed by atoms with Gasteiger partial charge >= 0.3 is 0 Å². The van der Waals surface area contributed by atoms with Crippen molar-refractivity contribution in [2.45, 2.75) is 33.5 Å². The molecule has 0 bridgehead atoms. The highest BCUT2D eigenvalue weighted by Gasteiger charge is 2.09. The third-order valence-electron chi connectivity index (χ3n) is 3.56. The maximum absolute atomic E-state index is 9.61. The lowest BCUT2D eigenvalue weighted by molar-refractivity contribution is 0.198. The molecule has 0 saturated heterocycles. The Labute approximate surface area is 126 Å². The molecular formula is C18H22O3. The van der Waals surface area contributed by atoms with Gasteiger partial charge in [0.15, 0.2) is 11.5 Å². The zero-order valence-corrected chi connectivity index (χ0v) is 13.0. The van der Waals surface area contributed by atoms with Crippen LogP contribution >= 0.6 is 0 Å². The van der Waals surface area contributed by atoms with E-state index in [0.29, 0.717) is 18.1 Å². The van der Waals surface area contributed by atoms with Gasteiger partial charge < -0.3 is 14.6 Å². The molecule has 2 rings (SSSR count). The smallest absolute Gasteiger partial charge is 0.161 e. The van der Waals surface area contributed by atoms with E-state index in [1.165, 1.54) is 11.1 Å². The van der Waals surface area contributed by atoms with Crippen LogP contribution in [0.1, 0.15) is 35.3 Å². The Morgan fingerprint density at radius 2 is 1.81 bits per heavy atom. The Hall–Kier alpha value is -2.00. The number of hydrogen-bond donors (Lipinski definition) is 1. The summed E-state index contributed by atoms with van der Waals surface area (Å²) in [7, 11) is 1.60. The lowest BCUT2D eigenvalue weighted by atomic mass is 10.1. The highest BCUT2D eigenvalue weighted by Crippen LogP contribution is 2.31. The zero-order valence-electron chi connectivity index (χ0n) is 13.0. The fourth-order valence-electron chi connectivity index (χ4n) is 2.17. The van der Waals surface area contributed by atoms with Crippen molar-refractivity contribution < 1.29 is 14.6 Å². The van der Waals surface area contributed by atoms with Crippen LogP contribution in [0.3, 0.4) is 0 Å². The van der Waals surface area contributed by atoms with Gasteiger partial charge in [0.2, 0.25) is 0 Å². The largest absolute Gasteiger partial charge is 0.493 e. The molecule has 0 aliphatic carbocycles. The number of hydrogen-bond acceptors (Lipinski definition) is 3. The van der Waals surface area contributed by atoms with Gasteiger partial charge in [0.25, 0.3) is 0 Å². The zero-order chi connectivity index (χ0) is 15.4. The van der Waals surface area contributed by atoms with Crippen LogP contribution in [0.5, 0.6) is 11.5 Å². The van der Waals surface area contributed by atoms with Crippen LogP contribution in [-0.2, 0) is 6.61 Å². The summed E-state index contributed by atoms with van der Waals surface area (Å²) in [6.45, 7) is 6.37. The van der Waals surface area contributed by atoms with Gasteiger partial charge in [-0.2, -0.15) is 0 Å². The first kappa shape index (κ1) is 15.4. The molecule has 0 aliphatic heterocycles. The lowest BCUT2D eigenvalue weighted by Gasteiger charge is -2.14. The second-order valence-corrected chi connectivity index (χ2v) is 5.30. The molecule has 1 atom stereocenters. The molecule has 0 aliphatic rings. The quantitative estimate of drug-likeness (QED) is 0.904. The minimum Gasteiger partial charge on any atom is -0.493 e. The number of aliphatic hydroxyl groups excluding tert-OH is 1. The third-order valence-corrected chi connectivity index (χ3v) is 3.56. The first-order valence-electron chi connectivity index (χ1n) is 7.06. The molecule has 0 aromatic heterocycles. The first-order chi connectivity index (χ1) is 10.0. The van der Waals surface area contributed by atoms with Crippen LogP contribution < -0.4 is 9.47 Å². The normalized spacial score (nSPS) is 12.0. The van der Waals surface area contributed by atoms with Gasteiger partial charge in [0.1, 0.15) is 6.61 Å². The van der Waals surface area contributed by atoms with Gasteiger partial charge in [-0.25, -0.2) is 0 Å². The molecule has 2 aromatic carbocycles. The van der Waals surface area contributed by atoms with Crippen molar-refractivity contribution in [3.63, 3.8) is 0 Å². The molecule has 112 valence electrons. The van der Waals surface area contributed by atoms with Crippen molar-refractivity contribution in [2.24, 2.45) is 0 Å². The van der Waals surface area contributed by atoms with Crippen LogP contribution in [0.15, 0.2) is 36.4 Å². The molecule has 21 heavy (non-hydrogen) atoms.